The zero-order valence-corrected chi connectivity index (χ0v) is 24.3. The van der Waals surface area contributed by atoms with Gasteiger partial charge in [0.2, 0.25) is 11.8 Å². The molecule has 1 atom stereocenters. The summed E-state index contributed by atoms with van der Waals surface area (Å²) in [5, 5.41) is 3.75. The third kappa shape index (κ3) is 7.12. The Morgan fingerprint density at radius 3 is 2.18 bits per heavy atom. The molecular formula is C26H25Cl4N3O4S. The van der Waals surface area contributed by atoms with Gasteiger partial charge in [-0.15, -0.1) is 0 Å². The molecule has 0 heterocycles. The number of sulfonamides is 1. The summed E-state index contributed by atoms with van der Waals surface area (Å²) < 4.78 is 28.4. The van der Waals surface area contributed by atoms with Gasteiger partial charge in [0.05, 0.1) is 20.6 Å². The lowest BCUT2D eigenvalue weighted by Crippen LogP contribution is -2.51. The highest BCUT2D eigenvalue weighted by Gasteiger charge is 2.33. The Labute approximate surface area is 242 Å². The number of halogens is 4. The van der Waals surface area contributed by atoms with Gasteiger partial charge in [0, 0.05) is 23.1 Å². The number of nitrogens with zero attached hydrogens (tertiary/aromatic N) is 2. The fraction of sp³-hybridized carbons (Fsp3) is 0.231. The highest BCUT2D eigenvalue weighted by Crippen LogP contribution is 2.31. The molecule has 0 aliphatic heterocycles. The second-order valence-electron chi connectivity index (χ2n) is 8.25. The van der Waals surface area contributed by atoms with Gasteiger partial charge in [0.1, 0.15) is 12.6 Å². The SMILES string of the molecule is CCNC(=O)[C@@H](C)N(Cc1ccc(Cl)cc1Cl)C(=O)CN(c1ccc(Cl)c(Cl)c1)S(=O)(=O)c1ccccc1. The van der Waals surface area contributed by atoms with Gasteiger partial charge in [-0.05, 0) is 61.9 Å². The molecule has 3 rings (SSSR count). The Hall–Kier alpha value is -2.49. The normalized spacial score (nSPS) is 12.1. The monoisotopic (exact) mass is 615 g/mol. The van der Waals surface area contributed by atoms with E-state index in [0.29, 0.717) is 22.2 Å². The van der Waals surface area contributed by atoms with Crippen LogP contribution >= 0.6 is 46.4 Å². The molecule has 12 heteroatoms. The fourth-order valence-corrected chi connectivity index (χ4v) is 5.81. The number of benzene rings is 3. The number of amides is 2. The van der Waals surface area contributed by atoms with E-state index in [1.165, 1.54) is 41.3 Å². The molecule has 202 valence electrons. The van der Waals surface area contributed by atoms with Crippen LogP contribution < -0.4 is 9.62 Å². The van der Waals surface area contributed by atoms with E-state index in [1.807, 2.05) is 0 Å². The number of likely N-dealkylation sites (N-methyl/N-ethyl adjacent to an activating group) is 1. The first-order valence-corrected chi connectivity index (χ1v) is 14.4. The van der Waals surface area contributed by atoms with Crippen LogP contribution in [0.15, 0.2) is 71.6 Å². The second-order valence-corrected chi connectivity index (χ2v) is 11.8. The number of rotatable bonds is 10. The van der Waals surface area contributed by atoms with Crippen molar-refractivity contribution >= 4 is 73.9 Å². The average molecular weight is 617 g/mol. The lowest BCUT2D eigenvalue weighted by molar-refractivity contribution is -0.139. The molecule has 0 spiro atoms. The van der Waals surface area contributed by atoms with Gasteiger partial charge < -0.3 is 10.2 Å². The van der Waals surface area contributed by atoms with Crippen LogP contribution in [0, 0.1) is 0 Å². The molecule has 38 heavy (non-hydrogen) atoms. The van der Waals surface area contributed by atoms with Crippen LogP contribution in [0.25, 0.3) is 0 Å². The summed E-state index contributed by atoms with van der Waals surface area (Å²) in [5.41, 5.74) is 0.666. The molecule has 0 saturated heterocycles. The summed E-state index contributed by atoms with van der Waals surface area (Å²) in [5.74, 6) is -1.04. The molecule has 3 aromatic rings. The quantitative estimate of drug-likeness (QED) is 0.300. The van der Waals surface area contributed by atoms with Crippen molar-refractivity contribution in [2.75, 3.05) is 17.4 Å². The molecule has 0 aromatic heterocycles. The summed E-state index contributed by atoms with van der Waals surface area (Å²) in [6.45, 7) is 2.98. The molecule has 0 aliphatic rings. The van der Waals surface area contributed by atoms with E-state index in [9.17, 15) is 18.0 Å². The van der Waals surface area contributed by atoms with E-state index in [-0.39, 0.29) is 27.2 Å². The maximum absolute atomic E-state index is 13.8. The largest absolute Gasteiger partial charge is 0.355 e. The Morgan fingerprint density at radius 1 is 0.895 bits per heavy atom. The minimum Gasteiger partial charge on any atom is -0.355 e. The molecule has 0 saturated carbocycles. The first kappa shape index (κ1) is 30.1. The van der Waals surface area contributed by atoms with Crippen molar-refractivity contribution in [3.8, 4) is 0 Å². The minimum absolute atomic E-state index is 0.0251. The molecule has 0 bridgehead atoms. The van der Waals surface area contributed by atoms with Crippen LogP contribution in [-0.2, 0) is 26.2 Å². The number of nitrogens with one attached hydrogen (secondary N) is 1. The Balaban J connectivity index is 2.06. The highest BCUT2D eigenvalue weighted by molar-refractivity contribution is 7.92. The zero-order chi connectivity index (χ0) is 28.0. The van der Waals surface area contributed by atoms with E-state index >= 15 is 0 Å². The van der Waals surface area contributed by atoms with Gasteiger partial charge in [-0.2, -0.15) is 0 Å². The van der Waals surface area contributed by atoms with Crippen LogP contribution in [-0.4, -0.2) is 44.3 Å². The van der Waals surface area contributed by atoms with Crippen molar-refractivity contribution < 1.29 is 18.0 Å². The molecular weight excluding hydrogens is 592 g/mol. The maximum atomic E-state index is 13.8. The summed E-state index contributed by atoms with van der Waals surface area (Å²) in [7, 11) is -4.22. The lowest BCUT2D eigenvalue weighted by Gasteiger charge is -2.32. The van der Waals surface area contributed by atoms with Gasteiger partial charge in [-0.1, -0.05) is 70.7 Å². The zero-order valence-electron chi connectivity index (χ0n) is 20.5. The van der Waals surface area contributed by atoms with Crippen molar-refractivity contribution in [1.29, 1.82) is 0 Å². The Morgan fingerprint density at radius 2 is 1.58 bits per heavy atom. The number of hydrogen-bond donors (Lipinski definition) is 1. The predicted molar refractivity (Wildman–Crippen MR) is 153 cm³/mol. The summed E-state index contributed by atoms with van der Waals surface area (Å²) in [6, 6.07) is 15.8. The first-order valence-electron chi connectivity index (χ1n) is 11.5. The molecule has 0 fully saturated rings. The van der Waals surface area contributed by atoms with Crippen LogP contribution in [0.3, 0.4) is 0 Å². The van der Waals surface area contributed by atoms with E-state index in [1.54, 1.807) is 44.2 Å². The molecule has 0 radical (unpaired) electrons. The standard InChI is InChI=1S/C26H25Cl4N3O4S/c1-3-31-26(35)17(2)32(15-18-9-10-19(27)13-23(18)29)25(34)16-33(20-11-12-22(28)24(30)14-20)38(36,37)21-7-5-4-6-8-21/h4-14,17H,3,15-16H2,1-2H3,(H,31,35)/t17-/m1/s1. The van der Waals surface area contributed by atoms with Crippen LogP contribution in [0.5, 0.6) is 0 Å². The molecule has 0 unspecified atom stereocenters. The van der Waals surface area contributed by atoms with Gasteiger partial charge in [-0.25, -0.2) is 8.42 Å². The van der Waals surface area contributed by atoms with E-state index in [2.05, 4.69) is 5.32 Å². The average Bonchev–Trinajstić information content (AvgIpc) is 2.88. The molecule has 1 N–H and O–H groups in total. The first-order chi connectivity index (χ1) is 17.9. The fourth-order valence-electron chi connectivity index (χ4n) is 3.63. The van der Waals surface area contributed by atoms with Crippen LogP contribution in [0.1, 0.15) is 19.4 Å². The molecule has 3 aromatic carbocycles. The second kappa shape index (κ2) is 13.0. The van der Waals surface area contributed by atoms with E-state index in [4.69, 9.17) is 46.4 Å². The Bertz CT molecular complexity index is 1420. The number of carbonyl (C=O) groups is 2. The summed E-state index contributed by atoms with van der Waals surface area (Å²) >= 11 is 24.6. The Kier molecular flexibility index (Phi) is 10.3. The van der Waals surface area contributed by atoms with Gasteiger partial charge >= 0.3 is 0 Å². The number of carbonyl (C=O) groups excluding carboxylic acids is 2. The van der Waals surface area contributed by atoms with Crippen molar-refractivity contribution in [2.24, 2.45) is 0 Å². The number of anilines is 1. The van der Waals surface area contributed by atoms with Crippen molar-refractivity contribution in [2.45, 2.75) is 31.3 Å². The molecule has 7 nitrogen and oxygen atoms in total. The predicted octanol–water partition coefficient (Wildman–Crippen LogP) is 6.05. The molecule has 2 amide bonds. The third-order valence-electron chi connectivity index (χ3n) is 5.68. The maximum Gasteiger partial charge on any atom is 0.264 e. The van der Waals surface area contributed by atoms with Crippen molar-refractivity contribution in [3.63, 3.8) is 0 Å². The van der Waals surface area contributed by atoms with E-state index < -0.39 is 34.4 Å². The van der Waals surface area contributed by atoms with Gasteiger partial charge in [0.15, 0.2) is 0 Å². The number of hydrogen-bond acceptors (Lipinski definition) is 4. The smallest absolute Gasteiger partial charge is 0.264 e. The third-order valence-corrected chi connectivity index (χ3v) is 8.79. The van der Waals surface area contributed by atoms with Crippen LogP contribution in [0.2, 0.25) is 20.1 Å². The summed E-state index contributed by atoms with van der Waals surface area (Å²) in [6.07, 6.45) is 0. The van der Waals surface area contributed by atoms with Gasteiger partial charge in [0.25, 0.3) is 10.0 Å². The van der Waals surface area contributed by atoms with Gasteiger partial charge in [-0.3, -0.25) is 13.9 Å². The van der Waals surface area contributed by atoms with Crippen molar-refractivity contribution in [1.82, 2.24) is 10.2 Å². The van der Waals surface area contributed by atoms with Crippen molar-refractivity contribution in [3.05, 3.63) is 92.4 Å². The summed E-state index contributed by atoms with van der Waals surface area (Å²) in [4.78, 5) is 27.8. The minimum atomic E-state index is -4.22. The van der Waals surface area contributed by atoms with E-state index in [0.717, 1.165) is 4.31 Å². The molecule has 0 aliphatic carbocycles. The van der Waals surface area contributed by atoms with Crippen LogP contribution in [0.4, 0.5) is 5.69 Å². The highest BCUT2D eigenvalue weighted by atomic mass is 35.5. The lowest BCUT2D eigenvalue weighted by atomic mass is 10.1. The topological polar surface area (TPSA) is 86.8 Å².